The molecule has 1 heterocycles. The van der Waals surface area contributed by atoms with Crippen LogP contribution in [0.25, 0.3) is 22.6 Å². The van der Waals surface area contributed by atoms with Crippen molar-refractivity contribution in [3.8, 4) is 11.5 Å². The van der Waals surface area contributed by atoms with Crippen LogP contribution in [0.1, 0.15) is 0 Å². The first-order valence-corrected chi connectivity index (χ1v) is 10.0. The minimum atomic E-state index is -1.24. The van der Waals surface area contributed by atoms with E-state index in [2.05, 4.69) is 48.9 Å². The van der Waals surface area contributed by atoms with Gasteiger partial charge in [0.05, 0.1) is 8.07 Å². The lowest BCUT2D eigenvalue weighted by atomic mass is 10.2. The molecule has 0 aliphatic rings. The molecule has 0 aliphatic heterocycles. The number of aromatic nitrogens is 1. The fourth-order valence-corrected chi connectivity index (χ4v) is 3.28. The summed E-state index contributed by atoms with van der Waals surface area (Å²) in [5, 5.41) is 1.45. The van der Waals surface area contributed by atoms with Crippen molar-refractivity contribution in [1.82, 2.24) is 4.98 Å². The number of hydrogen-bond acceptors (Lipinski definition) is 2. The highest BCUT2D eigenvalue weighted by atomic mass is 28.3. The van der Waals surface area contributed by atoms with Crippen molar-refractivity contribution >= 4 is 24.4 Å². The third-order valence-electron chi connectivity index (χ3n) is 3.29. The molecule has 0 N–H and O–H groups in total. The van der Waals surface area contributed by atoms with Crippen LogP contribution in [-0.2, 0) is 0 Å². The molecule has 0 saturated carbocycles. The monoisotopic (exact) mass is 267 g/mol. The van der Waals surface area contributed by atoms with Crippen LogP contribution in [0.3, 0.4) is 0 Å². The van der Waals surface area contributed by atoms with Gasteiger partial charge in [0.2, 0.25) is 5.89 Å². The maximum atomic E-state index is 5.78. The van der Waals surface area contributed by atoms with Gasteiger partial charge >= 0.3 is 0 Å². The van der Waals surface area contributed by atoms with Gasteiger partial charge in [-0.25, -0.2) is 4.98 Å². The highest BCUT2D eigenvalue weighted by Gasteiger charge is 2.16. The van der Waals surface area contributed by atoms with Crippen molar-refractivity contribution in [3.63, 3.8) is 0 Å². The van der Waals surface area contributed by atoms with Gasteiger partial charge in [0.25, 0.3) is 0 Å². The molecule has 3 heteroatoms. The Morgan fingerprint density at radius 1 is 0.895 bits per heavy atom. The van der Waals surface area contributed by atoms with Crippen LogP contribution in [0.15, 0.2) is 52.9 Å². The molecular formula is C16H17NOSi. The number of rotatable bonds is 2. The Morgan fingerprint density at radius 3 is 2.21 bits per heavy atom. The van der Waals surface area contributed by atoms with Gasteiger partial charge in [-0.1, -0.05) is 49.1 Å². The number of para-hydroxylation sites is 2. The Kier molecular flexibility index (Phi) is 2.79. The van der Waals surface area contributed by atoms with Crippen molar-refractivity contribution in [2.45, 2.75) is 19.6 Å². The molecule has 0 amide bonds. The fourth-order valence-electron chi connectivity index (χ4n) is 2.11. The molecule has 3 aromatic rings. The fraction of sp³-hybridized carbons (Fsp3) is 0.188. The van der Waals surface area contributed by atoms with Gasteiger partial charge in [-0.05, 0) is 24.3 Å². The van der Waals surface area contributed by atoms with Gasteiger partial charge in [-0.2, -0.15) is 0 Å². The zero-order valence-electron chi connectivity index (χ0n) is 11.5. The maximum absolute atomic E-state index is 5.78. The minimum absolute atomic E-state index is 0.698. The third kappa shape index (κ3) is 2.33. The van der Waals surface area contributed by atoms with Gasteiger partial charge in [0.15, 0.2) is 5.58 Å². The molecule has 0 radical (unpaired) electrons. The number of fused-ring (bicyclic) bond motifs is 1. The number of nitrogens with zero attached hydrogens (tertiary/aromatic N) is 1. The predicted molar refractivity (Wildman–Crippen MR) is 82.4 cm³/mol. The van der Waals surface area contributed by atoms with Crippen LogP contribution in [0, 0.1) is 0 Å². The summed E-state index contributed by atoms with van der Waals surface area (Å²) in [5.41, 5.74) is 2.79. The quantitative estimate of drug-likeness (QED) is 0.655. The largest absolute Gasteiger partial charge is 0.436 e. The van der Waals surface area contributed by atoms with Crippen LogP contribution in [0.2, 0.25) is 19.6 Å². The van der Waals surface area contributed by atoms with Gasteiger partial charge in [-0.15, -0.1) is 0 Å². The Hall–Kier alpha value is -1.87. The van der Waals surface area contributed by atoms with E-state index < -0.39 is 8.07 Å². The van der Waals surface area contributed by atoms with E-state index in [4.69, 9.17) is 4.42 Å². The van der Waals surface area contributed by atoms with E-state index in [1.54, 1.807) is 0 Å². The van der Waals surface area contributed by atoms with Crippen molar-refractivity contribution in [1.29, 1.82) is 0 Å². The van der Waals surface area contributed by atoms with Crippen LogP contribution in [-0.4, -0.2) is 13.1 Å². The first kappa shape index (κ1) is 12.2. The van der Waals surface area contributed by atoms with Gasteiger partial charge in [-0.3, -0.25) is 0 Å². The van der Waals surface area contributed by atoms with Crippen molar-refractivity contribution in [2.24, 2.45) is 0 Å². The van der Waals surface area contributed by atoms with Crippen LogP contribution in [0.4, 0.5) is 0 Å². The highest BCUT2D eigenvalue weighted by molar-refractivity contribution is 6.88. The molecule has 19 heavy (non-hydrogen) atoms. The Bertz CT molecular complexity index is 674. The van der Waals surface area contributed by atoms with E-state index in [0.29, 0.717) is 5.89 Å². The Morgan fingerprint density at radius 2 is 1.58 bits per heavy atom. The van der Waals surface area contributed by atoms with Crippen LogP contribution in [0.5, 0.6) is 0 Å². The summed E-state index contributed by atoms with van der Waals surface area (Å²) >= 11 is 0. The number of hydrogen-bond donors (Lipinski definition) is 0. The summed E-state index contributed by atoms with van der Waals surface area (Å²) in [7, 11) is -1.24. The molecule has 1 aromatic heterocycles. The maximum Gasteiger partial charge on any atom is 0.227 e. The van der Waals surface area contributed by atoms with E-state index in [9.17, 15) is 0 Å². The SMILES string of the molecule is C[Si](C)(C)c1ccc(-c2nc3ccccc3o2)cc1. The summed E-state index contributed by atoms with van der Waals surface area (Å²) in [6.07, 6.45) is 0. The highest BCUT2D eigenvalue weighted by Crippen LogP contribution is 2.23. The third-order valence-corrected chi connectivity index (χ3v) is 5.36. The lowest BCUT2D eigenvalue weighted by Gasteiger charge is -2.16. The van der Waals surface area contributed by atoms with E-state index in [1.165, 1.54) is 5.19 Å². The lowest BCUT2D eigenvalue weighted by molar-refractivity contribution is 0.620. The molecule has 0 aliphatic carbocycles. The zero-order valence-corrected chi connectivity index (χ0v) is 12.5. The first-order valence-electron chi connectivity index (χ1n) is 6.50. The Labute approximate surface area is 114 Å². The molecule has 2 nitrogen and oxygen atoms in total. The van der Waals surface area contributed by atoms with Crippen molar-refractivity contribution in [3.05, 3.63) is 48.5 Å². The van der Waals surface area contributed by atoms with Crippen molar-refractivity contribution < 1.29 is 4.42 Å². The number of oxazole rings is 1. The molecule has 0 spiro atoms. The standard InChI is InChI=1S/C16H17NOSi/c1-19(2,3)13-10-8-12(9-11-13)16-17-14-6-4-5-7-15(14)18-16/h4-11H,1-3H3. The Balaban J connectivity index is 2.02. The minimum Gasteiger partial charge on any atom is -0.436 e. The summed E-state index contributed by atoms with van der Waals surface area (Å²) in [6, 6.07) is 16.5. The molecule has 0 fully saturated rings. The average molecular weight is 267 g/mol. The van der Waals surface area contributed by atoms with Crippen LogP contribution >= 0.6 is 0 Å². The van der Waals surface area contributed by atoms with Gasteiger partial charge < -0.3 is 4.42 Å². The second kappa shape index (κ2) is 4.35. The average Bonchev–Trinajstić information content (AvgIpc) is 2.81. The molecule has 0 unspecified atom stereocenters. The van der Waals surface area contributed by atoms with E-state index in [1.807, 2.05) is 24.3 Å². The zero-order chi connectivity index (χ0) is 13.5. The summed E-state index contributed by atoms with van der Waals surface area (Å²) in [6.45, 7) is 7.05. The van der Waals surface area contributed by atoms with E-state index in [-0.39, 0.29) is 0 Å². The van der Waals surface area contributed by atoms with Gasteiger partial charge in [0.1, 0.15) is 5.52 Å². The summed E-state index contributed by atoms with van der Waals surface area (Å²) in [4.78, 5) is 4.52. The lowest BCUT2D eigenvalue weighted by Crippen LogP contribution is -2.37. The molecule has 2 aromatic carbocycles. The topological polar surface area (TPSA) is 26.0 Å². The second-order valence-corrected chi connectivity index (χ2v) is 10.9. The molecule has 0 bridgehead atoms. The second-order valence-electron chi connectivity index (χ2n) is 5.81. The van der Waals surface area contributed by atoms with E-state index in [0.717, 1.165) is 16.7 Å². The molecular weight excluding hydrogens is 250 g/mol. The molecule has 0 atom stereocenters. The van der Waals surface area contributed by atoms with Crippen LogP contribution < -0.4 is 5.19 Å². The smallest absolute Gasteiger partial charge is 0.227 e. The molecule has 3 rings (SSSR count). The predicted octanol–water partition coefficient (Wildman–Crippen LogP) is 4.04. The van der Waals surface area contributed by atoms with E-state index >= 15 is 0 Å². The first-order chi connectivity index (χ1) is 9.04. The number of benzene rings is 2. The normalized spacial score (nSPS) is 11.9. The van der Waals surface area contributed by atoms with Crippen molar-refractivity contribution in [2.75, 3.05) is 0 Å². The van der Waals surface area contributed by atoms with Gasteiger partial charge in [0, 0.05) is 5.56 Å². The summed E-state index contributed by atoms with van der Waals surface area (Å²) in [5.74, 6) is 0.698. The molecule has 0 saturated heterocycles. The summed E-state index contributed by atoms with van der Waals surface area (Å²) < 4.78 is 5.78. The molecule has 96 valence electrons.